The van der Waals surface area contributed by atoms with E-state index in [-0.39, 0.29) is 0 Å². The van der Waals surface area contributed by atoms with E-state index in [1.807, 2.05) is 0 Å². The molecule has 0 N–H and O–H groups in total. The highest BCUT2D eigenvalue weighted by molar-refractivity contribution is 6.31. The molecular formula is C11H16ClN3. The molecule has 0 radical (unpaired) electrons. The number of hydrogen-bond donors (Lipinski definition) is 0. The fraction of sp³-hybridized carbons (Fsp3) is 0.636. The molecule has 0 spiro atoms. The quantitative estimate of drug-likeness (QED) is 0.789. The van der Waals surface area contributed by atoms with E-state index in [1.165, 1.54) is 12.8 Å². The van der Waals surface area contributed by atoms with Gasteiger partial charge in [-0.2, -0.15) is 0 Å². The average molecular weight is 226 g/mol. The number of aromatic nitrogens is 2. The minimum absolute atomic E-state index is 0.416. The molecule has 0 atom stereocenters. The minimum atomic E-state index is 0.416. The van der Waals surface area contributed by atoms with E-state index in [2.05, 4.69) is 28.7 Å². The van der Waals surface area contributed by atoms with E-state index in [4.69, 9.17) is 11.6 Å². The molecule has 1 aromatic heterocycles. The van der Waals surface area contributed by atoms with Crippen LogP contribution in [0.3, 0.4) is 0 Å². The molecule has 15 heavy (non-hydrogen) atoms. The van der Waals surface area contributed by atoms with Gasteiger partial charge >= 0.3 is 0 Å². The molecule has 0 unspecified atom stereocenters. The summed E-state index contributed by atoms with van der Waals surface area (Å²) in [5, 5.41) is 0.506. The first-order valence-electron chi connectivity index (χ1n) is 5.41. The van der Waals surface area contributed by atoms with Crippen molar-refractivity contribution >= 4 is 17.4 Å². The van der Waals surface area contributed by atoms with Crippen molar-refractivity contribution in [2.24, 2.45) is 5.92 Å². The molecule has 0 bridgehead atoms. The number of rotatable bonds is 4. The molecule has 0 aliphatic heterocycles. The van der Waals surface area contributed by atoms with E-state index in [9.17, 15) is 0 Å². The van der Waals surface area contributed by atoms with Gasteiger partial charge in [-0.05, 0) is 32.6 Å². The number of hydrogen-bond acceptors (Lipinski definition) is 3. The topological polar surface area (TPSA) is 29.0 Å². The van der Waals surface area contributed by atoms with Gasteiger partial charge in [0.25, 0.3) is 0 Å². The molecule has 1 heterocycles. The number of halogens is 1. The molecule has 0 amide bonds. The molecule has 1 aliphatic carbocycles. The van der Waals surface area contributed by atoms with Crippen LogP contribution in [0.15, 0.2) is 12.4 Å². The van der Waals surface area contributed by atoms with Gasteiger partial charge in [-0.15, -0.1) is 0 Å². The second kappa shape index (κ2) is 4.35. The summed E-state index contributed by atoms with van der Waals surface area (Å²) < 4.78 is 0. The third-order valence-corrected chi connectivity index (χ3v) is 2.95. The SMILES string of the molecule is CC(C)N(CC1CC1)c1nccnc1Cl. The summed E-state index contributed by atoms with van der Waals surface area (Å²) in [6.07, 6.45) is 5.99. The summed E-state index contributed by atoms with van der Waals surface area (Å²) in [5.74, 6) is 1.64. The average Bonchev–Trinajstić information content (AvgIpc) is 2.99. The lowest BCUT2D eigenvalue weighted by atomic mass is 10.3. The third-order valence-electron chi connectivity index (χ3n) is 2.68. The van der Waals surface area contributed by atoms with Crippen LogP contribution < -0.4 is 4.90 Å². The van der Waals surface area contributed by atoms with Crippen molar-refractivity contribution in [3.63, 3.8) is 0 Å². The zero-order chi connectivity index (χ0) is 10.8. The van der Waals surface area contributed by atoms with Crippen LogP contribution in [0.1, 0.15) is 26.7 Å². The van der Waals surface area contributed by atoms with Crippen molar-refractivity contribution in [1.29, 1.82) is 0 Å². The zero-order valence-corrected chi connectivity index (χ0v) is 9.91. The van der Waals surface area contributed by atoms with E-state index in [0.717, 1.165) is 18.3 Å². The Bertz CT molecular complexity index is 336. The Morgan fingerprint density at radius 3 is 2.60 bits per heavy atom. The second-order valence-electron chi connectivity index (χ2n) is 4.36. The van der Waals surface area contributed by atoms with Gasteiger partial charge in [-0.3, -0.25) is 0 Å². The van der Waals surface area contributed by atoms with E-state index in [0.29, 0.717) is 11.2 Å². The zero-order valence-electron chi connectivity index (χ0n) is 9.15. The molecule has 1 saturated carbocycles. The van der Waals surface area contributed by atoms with Crippen LogP contribution in [-0.2, 0) is 0 Å². The fourth-order valence-corrected chi connectivity index (χ4v) is 1.84. The van der Waals surface area contributed by atoms with E-state index in [1.54, 1.807) is 12.4 Å². The van der Waals surface area contributed by atoms with Gasteiger partial charge in [-0.25, -0.2) is 9.97 Å². The minimum Gasteiger partial charge on any atom is -0.351 e. The summed E-state index contributed by atoms with van der Waals surface area (Å²) in [4.78, 5) is 10.6. The monoisotopic (exact) mass is 225 g/mol. The standard InChI is InChI=1S/C11H16ClN3/c1-8(2)15(7-9-3-4-9)11-10(12)13-5-6-14-11/h5-6,8-9H,3-4,7H2,1-2H3. The van der Waals surface area contributed by atoms with Crippen LogP contribution in [0, 0.1) is 5.92 Å². The van der Waals surface area contributed by atoms with Gasteiger partial charge in [0.05, 0.1) is 0 Å². The lowest BCUT2D eigenvalue weighted by molar-refractivity contribution is 0.635. The first-order chi connectivity index (χ1) is 7.18. The maximum atomic E-state index is 6.05. The summed E-state index contributed by atoms with van der Waals surface area (Å²) in [6.45, 7) is 5.37. The van der Waals surface area contributed by atoms with Crippen molar-refractivity contribution in [2.75, 3.05) is 11.4 Å². The van der Waals surface area contributed by atoms with Crippen LogP contribution in [0.25, 0.3) is 0 Å². The first-order valence-corrected chi connectivity index (χ1v) is 5.79. The molecular weight excluding hydrogens is 210 g/mol. The Morgan fingerprint density at radius 2 is 2.07 bits per heavy atom. The Hall–Kier alpha value is -0.830. The Balaban J connectivity index is 2.19. The van der Waals surface area contributed by atoms with E-state index >= 15 is 0 Å². The largest absolute Gasteiger partial charge is 0.351 e. The Kier molecular flexibility index (Phi) is 3.10. The normalized spacial score (nSPS) is 15.7. The van der Waals surface area contributed by atoms with Crippen molar-refractivity contribution in [2.45, 2.75) is 32.7 Å². The second-order valence-corrected chi connectivity index (χ2v) is 4.72. The Labute approximate surface area is 95.5 Å². The number of anilines is 1. The molecule has 1 aliphatic rings. The highest BCUT2D eigenvalue weighted by Crippen LogP contribution is 2.33. The predicted molar refractivity (Wildman–Crippen MR) is 62.2 cm³/mol. The predicted octanol–water partition coefficient (Wildman–Crippen LogP) is 2.75. The summed E-state index contributed by atoms with van der Waals surface area (Å²) in [6, 6.07) is 0.416. The van der Waals surface area contributed by atoms with Gasteiger partial charge in [0.1, 0.15) is 0 Å². The maximum Gasteiger partial charge on any atom is 0.171 e. The van der Waals surface area contributed by atoms with Crippen LogP contribution in [-0.4, -0.2) is 22.6 Å². The summed E-state index contributed by atoms with van der Waals surface area (Å²) in [7, 11) is 0. The molecule has 3 nitrogen and oxygen atoms in total. The molecule has 0 aromatic carbocycles. The Morgan fingerprint density at radius 1 is 1.40 bits per heavy atom. The van der Waals surface area contributed by atoms with E-state index < -0.39 is 0 Å². The molecule has 82 valence electrons. The van der Waals surface area contributed by atoms with Gasteiger partial charge in [-0.1, -0.05) is 11.6 Å². The molecule has 4 heteroatoms. The molecule has 1 fully saturated rings. The van der Waals surface area contributed by atoms with Crippen LogP contribution >= 0.6 is 11.6 Å². The maximum absolute atomic E-state index is 6.05. The van der Waals surface area contributed by atoms with Gasteiger partial charge in [0, 0.05) is 25.0 Å². The summed E-state index contributed by atoms with van der Waals surface area (Å²) >= 11 is 6.05. The highest BCUT2D eigenvalue weighted by atomic mass is 35.5. The lowest BCUT2D eigenvalue weighted by Gasteiger charge is -2.28. The first kappa shape index (κ1) is 10.7. The van der Waals surface area contributed by atoms with Crippen LogP contribution in [0.5, 0.6) is 0 Å². The van der Waals surface area contributed by atoms with Gasteiger partial charge in [0.2, 0.25) is 0 Å². The fourth-order valence-electron chi connectivity index (χ4n) is 1.63. The smallest absolute Gasteiger partial charge is 0.171 e. The molecule has 0 saturated heterocycles. The van der Waals surface area contributed by atoms with Crippen LogP contribution in [0.2, 0.25) is 5.15 Å². The number of nitrogens with zero attached hydrogens (tertiary/aromatic N) is 3. The third kappa shape index (κ3) is 2.59. The lowest BCUT2D eigenvalue weighted by Crippen LogP contribution is -2.33. The summed E-state index contributed by atoms with van der Waals surface area (Å²) in [5.41, 5.74) is 0. The highest BCUT2D eigenvalue weighted by Gasteiger charge is 2.27. The van der Waals surface area contributed by atoms with Crippen molar-refractivity contribution in [1.82, 2.24) is 9.97 Å². The molecule has 2 rings (SSSR count). The van der Waals surface area contributed by atoms with Gasteiger partial charge < -0.3 is 4.90 Å². The van der Waals surface area contributed by atoms with Crippen molar-refractivity contribution in [3.05, 3.63) is 17.5 Å². The molecule has 1 aromatic rings. The van der Waals surface area contributed by atoms with Gasteiger partial charge in [0.15, 0.2) is 11.0 Å². The van der Waals surface area contributed by atoms with Crippen molar-refractivity contribution in [3.8, 4) is 0 Å². The van der Waals surface area contributed by atoms with Crippen molar-refractivity contribution < 1.29 is 0 Å². The van der Waals surface area contributed by atoms with Crippen LogP contribution in [0.4, 0.5) is 5.82 Å².